The molecule has 0 radical (unpaired) electrons. The van der Waals surface area contributed by atoms with E-state index in [-0.39, 0.29) is 11.9 Å². The summed E-state index contributed by atoms with van der Waals surface area (Å²) in [4.78, 5) is 18.3. The lowest BCUT2D eigenvalue weighted by molar-refractivity contribution is -0.241. The van der Waals surface area contributed by atoms with Gasteiger partial charge in [0.2, 0.25) is 5.91 Å². The van der Waals surface area contributed by atoms with Crippen molar-refractivity contribution < 1.29 is 9.63 Å². The van der Waals surface area contributed by atoms with Crippen LogP contribution in [0.3, 0.4) is 0 Å². The standard InChI is InChI=1S/C19H25NO2/c1-6-18(21)20(22-19(3,4)5)14(2)16-13-9-11-15-10-7-8-12-17(15)16/h7-14H,6H2,1-5H3. The van der Waals surface area contributed by atoms with Gasteiger partial charge in [-0.05, 0) is 44.0 Å². The summed E-state index contributed by atoms with van der Waals surface area (Å²) in [5.74, 6) is -0.00430. The van der Waals surface area contributed by atoms with E-state index in [4.69, 9.17) is 4.84 Å². The Balaban J connectivity index is 2.44. The number of fused-ring (bicyclic) bond motifs is 1. The molecule has 2 aromatic rings. The smallest absolute Gasteiger partial charge is 0.246 e. The molecule has 3 heteroatoms. The molecule has 2 rings (SSSR count). The summed E-state index contributed by atoms with van der Waals surface area (Å²) in [7, 11) is 0. The number of nitrogens with zero attached hydrogens (tertiary/aromatic N) is 1. The first-order valence-corrected chi connectivity index (χ1v) is 7.82. The topological polar surface area (TPSA) is 29.5 Å². The van der Waals surface area contributed by atoms with Gasteiger partial charge in [-0.15, -0.1) is 0 Å². The Morgan fingerprint density at radius 1 is 1.14 bits per heavy atom. The number of carbonyl (C=O) groups excluding carboxylic acids is 1. The highest BCUT2D eigenvalue weighted by atomic mass is 16.7. The van der Waals surface area contributed by atoms with Gasteiger partial charge in [-0.1, -0.05) is 49.4 Å². The SMILES string of the molecule is CCC(=O)N(OC(C)(C)C)C(C)c1cccc2ccccc12. The van der Waals surface area contributed by atoms with Gasteiger partial charge in [0.05, 0.1) is 11.6 Å². The number of rotatable bonds is 4. The molecule has 3 nitrogen and oxygen atoms in total. The lowest BCUT2D eigenvalue weighted by Crippen LogP contribution is -2.39. The fourth-order valence-corrected chi connectivity index (χ4v) is 2.54. The Bertz CT molecular complexity index is 653. The third-order valence-electron chi connectivity index (χ3n) is 3.55. The van der Waals surface area contributed by atoms with Crippen LogP contribution in [0.25, 0.3) is 10.8 Å². The van der Waals surface area contributed by atoms with Crippen LogP contribution < -0.4 is 0 Å². The van der Waals surface area contributed by atoms with E-state index < -0.39 is 5.60 Å². The van der Waals surface area contributed by atoms with Crippen molar-refractivity contribution in [1.29, 1.82) is 0 Å². The fourth-order valence-electron chi connectivity index (χ4n) is 2.54. The van der Waals surface area contributed by atoms with Crippen LogP contribution in [-0.2, 0) is 9.63 Å². The quantitative estimate of drug-likeness (QED) is 0.754. The number of amides is 1. The van der Waals surface area contributed by atoms with Crippen LogP contribution in [0, 0.1) is 0 Å². The van der Waals surface area contributed by atoms with Crippen LogP contribution in [0.4, 0.5) is 0 Å². The van der Waals surface area contributed by atoms with E-state index >= 15 is 0 Å². The molecule has 1 atom stereocenters. The second-order valence-electron chi connectivity index (χ2n) is 6.52. The molecule has 0 saturated carbocycles. The predicted molar refractivity (Wildman–Crippen MR) is 90.3 cm³/mol. The first-order valence-electron chi connectivity index (χ1n) is 7.82. The molecule has 22 heavy (non-hydrogen) atoms. The summed E-state index contributed by atoms with van der Waals surface area (Å²) in [5, 5.41) is 3.86. The summed E-state index contributed by atoms with van der Waals surface area (Å²) in [5.41, 5.74) is 0.688. The molecule has 118 valence electrons. The molecular formula is C19H25NO2. The molecule has 2 aromatic carbocycles. The molecule has 1 amide bonds. The Kier molecular flexibility index (Phi) is 4.87. The minimum Gasteiger partial charge on any atom is -0.273 e. The van der Waals surface area contributed by atoms with Crippen LogP contribution in [0.5, 0.6) is 0 Å². The molecule has 0 heterocycles. The van der Waals surface area contributed by atoms with Crippen molar-refractivity contribution in [3.8, 4) is 0 Å². The van der Waals surface area contributed by atoms with E-state index in [0.717, 1.165) is 10.9 Å². The lowest BCUT2D eigenvalue weighted by atomic mass is 9.99. The second-order valence-corrected chi connectivity index (χ2v) is 6.52. The molecule has 0 bridgehead atoms. The van der Waals surface area contributed by atoms with Crippen molar-refractivity contribution in [2.24, 2.45) is 0 Å². The third-order valence-corrected chi connectivity index (χ3v) is 3.55. The Morgan fingerprint density at radius 3 is 2.41 bits per heavy atom. The minimum atomic E-state index is -0.413. The van der Waals surface area contributed by atoms with Crippen LogP contribution in [-0.4, -0.2) is 16.6 Å². The van der Waals surface area contributed by atoms with Gasteiger partial charge < -0.3 is 0 Å². The molecule has 0 spiro atoms. The zero-order valence-corrected chi connectivity index (χ0v) is 14.1. The summed E-state index contributed by atoms with van der Waals surface area (Å²) in [6, 6.07) is 14.3. The number of hydrogen-bond acceptors (Lipinski definition) is 2. The van der Waals surface area contributed by atoms with Crippen molar-refractivity contribution in [3.63, 3.8) is 0 Å². The summed E-state index contributed by atoms with van der Waals surface area (Å²) in [6.45, 7) is 9.74. The number of hydroxylamine groups is 2. The van der Waals surface area contributed by atoms with E-state index in [9.17, 15) is 4.79 Å². The Morgan fingerprint density at radius 2 is 1.77 bits per heavy atom. The maximum atomic E-state index is 12.3. The summed E-state index contributed by atoms with van der Waals surface area (Å²) < 4.78 is 0. The molecule has 0 aliphatic rings. The number of benzene rings is 2. The molecule has 0 fully saturated rings. The van der Waals surface area contributed by atoms with Gasteiger partial charge in [0, 0.05) is 6.42 Å². The molecular weight excluding hydrogens is 274 g/mol. The van der Waals surface area contributed by atoms with Gasteiger partial charge in [-0.2, -0.15) is 0 Å². The van der Waals surface area contributed by atoms with E-state index in [1.165, 1.54) is 10.4 Å². The lowest BCUT2D eigenvalue weighted by Gasteiger charge is -2.34. The van der Waals surface area contributed by atoms with Crippen molar-refractivity contribution in [2.75, 3.05) is 0 Å². The highest BCUT2D eigenvalue weighted by Crippen LogP contribution is 2.30. The monoisotopic (exact) mass is 299 g/mol. The summed E-state index contributed by atoms with van der Waals surface area (Å²) >= 11 is 0. The van der Waals surface area contributed by atoms with Gasteiger partial charge in [0.25, 0.3) is 0 Å². The van der Waals surface area contributed by atoms with Gasteiger partial charge in [0.15, 0.2) is 0 Å². The molecule has 0 aliphatic heterocycles. The third kappa shape index (κ3) is 3.66. The zero-order valence-electron chi connectivity index (χ0n) is 14.1. The van der Waals surface area contributed by atoms with Gasteiger partial charge in [0.1, 0.15) is 0 Å². The van der Waals surface area contributed by atoms with Crippen molar-refractivity contribution in [2.45, 2.75) is 52.7 Å². The number of carbonyl (C=O) groups is 1. The molecule has 0 N–H and O–H groups in total. The van der Waals surface area contributed by atoms with Gasteiger partial charge in [-0.3, -0.25) is 9.63 Å². The second kappa shape index (κ2) is 6.49. The Hall–Kier alpha value is -1.87. The first-order chi connectivity index (χ1) is 10.3. The Labute approximate surface area is 132 Å². The largest absolute Gasteiger partial charge is 0.273 e. The van der Waals surface area contributed by atoms with E-state index in [1.807, 2.05) is 52.8 Å². The zero-order chi connectivity index (χ0) is 16.3. The van der Waals surface area contributed by atoms with E-state index in [2.05, 4.69) is 24.3 Å². The summed E-state index contributed by atoms with van der Waals surface area (Å²) in [6.07, 6.45) is 0.422. The highest BCUT2D eigenvalue weighted by molar-refractivity contribution is 5.86. The average Bonchev–Trinajstić information content (AvgIpc) is 2.49. The van der Waals surface area contributed by atoms with Gasteiger partial charge in [-0.25, -0.2) is 5.06 Å². The van der Waals surface area contributed by atoms with Crippen LogP contribution in [0.2, 0.25) is 0 Å². The van der Waals surface area contributed by atoms with Crippen LogP contribution in [0.15, 0.2) is 42.5 Å². The van der Waals surface area contributed by atoms with Crippen LogP contribution >= 0.6 is 0 Å². The molecule has 1 unspecified atom stereocenters. The number of hydrogen-bond donors (Lipinski definition) is 0. The average molecular weight is 299 g/mol. The normalized spacial score (nSPS) is 13.1. The predicted octanol–water partition coefficient (Wildman–Crippen LogP) is 4.87. The molecule has 0 aromatic heterocycles. The van der Waals surface area contributed by atoms with E-state index in [1.54, 1.807) is 0 Å². The van der Waals surface area contributed by atoms with Gasteiger partial charge >= 0.3 is 0 Å². The maximum absolute atomic E-state index is 12.3. The van der Waals surface area contributed by atoms with Crippen molar-refractivity contribution in [1.82, 2.24) is 5.06 Å². The van der Waals surface area contributed by atoms with Crippen molar-refractivity contribution in [3.05, 3.63) is 48.0 Å². The van der Waals surface area contributed by atoms with E-state index in [0.29, 0.717) is 6.42 Å². The minimum absolute atomic E-state index is 0.00430. The van der Waals surface area contributed by atoms with Crippen molar-refractivity contribution >= 4 is 16.7 Å². The highest BCUT2D eigenvalue weighted by Gasteiger charge is 2.27. The fraction of sp³-hybridized carbons (Fsp3) is 0.421. The molecule has 0 saturated heterocycles. The maximum Gasteiger partial charge on any atom is 0.246 e. The molecule has 0 aliphatic carbocycles. The van der Waals surface area contributed by atoms with Crippen LogP contribution in [0.1, 0.15) is 52.6 Å². The first kappa shape index (κ1) is 16.5.